The molecule has 1 heterocycles. The van der Waals surface area contributed by atoms with E-state index in [-0.39, 0.29) is 17.9 Å². The Labute approximate surface area is 103 Å². The molecule has 17 heavy (non-hydrogen) atoms. The predicted octanol–water partition coefficient (Wildman–Crippen LogP) is 0.158. The Morgan fingerprint density at radius 1 is 1.41 bits per heavy atom. The van der Waals surface area contributed by atoms with E-state index >= 15 is 0 Å². The van der Waals surface area contributed by atoms with Crippen molar-refractivity contribution in [1.29, 1.82) is 0 Å². The summed E-state index contributed by atoms with van der Waals surface area (Å²) >= 11 is 0. The molecule has 5 nitrogen and oxygen atoms in total. The highest BCUT2D eigenvalue weighted by Gasteiger charge is 2.26. The molecule has 0 aromatic heterocycles. The minimum absolute atomic E-state index is 0.0738. The van der Waals surface area contributed by atoms with E-state index in [1.165, 1.54) is 0 Å². The Morgan fingerprint density at radius 2 is 2.12 bits per heavy atom. The zero-order valence-electron chi connectivity index (χ0n) is 10.9. The van der Waals surface area contributed by atoms with Crippen molar-refractivity contribution in [2.75, 3.05) is 6.54 Å². The summed E-state index contributed by atoms with van der Waals surface area (Å²) in [7, 11) is 0. The van der Waals surface area contributed by atoms with Crippen LogP contribution >= 0.6 is 0 Å². The van der Waals surface area contributed by atoms with Crippen LogP contribution in [0.15, 0.2) is 0 Å². The fourth-order valence-electron chi connectivity index (χ4n) is 2.05. The van der Waals surface area contributed by atoms with Crippen molar-refractivity contribution in [2.45, 2.75) is 58.2 Å². The number of carbonyl (C=O) groups excluding carboxylic acids is 2. The van der Waals surface area contributed by atoms with E-state index in [1.807, 2.05) is 6.92 Å². The molecule has 3 atom stereocenters. The third kappa shape index (κ3) is 4.34. The van der Waals surface area contributed by atoms with Crippen LogP contribution in [0.3, 0.4) is 0 Å². The quantitative estimate of drug-likeness (QED) is 0.656. The summed E-state index contributed by atoms with van der Waals surface area (Å²) in [5.41, 5.74) is 0. The fourth-order valence-corrected chi connectivity index (χ4v) is 2.05. The molecule has 1 aliphatic heterocycles. The van der Waals surface area contributed by atoms with Crippen molar-refractivity contribution < 1.29 is 9.59 Å². The molecule has 0 aliphatic carbocycles. The van der Waals surface area contributed by atoms with E-state index in [4.69, 9.17) is 0 Å². The Kier molecular flexibility index (Phi) is 5.41. The summed E-state index contributed by atoms with van der Waals surface area (Å²) in [5, 5.41) is 8.68. The van der Waals surface area contributed by atoms with Crippen LogP contribution < -0.4 is 16.0 Å². The van der Waals surface area contributed by atoms with Crippen LogP contribution in [0.25, 0.3) is 0 Å². The van der Waals surface area contributed by atoms with Crippen LogP contribution in [0.1, 0.15) is 40.0 Å². The van der Waals surface area contributed by atoms with E-state index in [0.29, 0.717) is 12.6 Å². The summed E-state index contributed by atoms with van der Waals surface area (Å²) in [5.74, 6) is -0.208. The lowest BCUT2D eigenvalue weighted by Crippen LogP contribution is -2.54. The van der Waals surface area contributed by atoms with Gasteiger partial charge in [0.15, 0.2) is 0 Å². The topological polar surface area (TPSA) is 70.2 Å². The second-order valence-electron chi connectivity index (χ2n) is 4.68. The fraction of sp³-hybridized carbons (Fsp3) is 0.833. The van der Waals surface area contributed by atoms with Gasteiger partial charge in [-0.25, -0.2) is 0 Å². The number of amides is 2. The van der Waals surface area contributed by atoms with Gasteiger partial charge >= 0.3 is 0 Å². The first kappa shape index (κ1) is 14.0. The van der Waals surface area contributed by atoms with Crippen LogP contribution in [-0.4, -0.2) is 36.5 Å². The van der Waals surface area contributed by atoms with Gasteiger partial charge in [0.1, 0.15) is 6.04 Å². The molecule has 98 valence electrons. The van der Waals surface area contributed by atoms with E-state index in [9.17, 15) is 9.59 Å². The number of likely N-dealkylation sites (N-methyl/N-ethyl adjacent to an activating group) is 1. The van der Waals surface area contributed by atoms with Gasteiger partial charge in [-0.3, -0.25) is 9.59 Å². The summed E-state index contributed by atoms with van der Waals surface area (Å²) in [6.07, 6.45) is 3.01. The highest BCUT2D eigenvalue weighted by molar-refractivity contribution is 5.89. The molecule has 3 N–H and O–H groups in total. The van der Waals surface area contributed by atoms with Crippen LogP contribution in [0.4, 0.5) is 0 Å². The minimum Gasteiger partial charge on any atom is -0.355 e. The van der Waals surface area contributed by atoms with Crippen molar-refractivity contribution >= 4 is 11.8 Å². The van der Waals surface area contributed by atoms with Gasteiger partial charge in [0, 0.05) is 12.6 Å². The smallest absolute Gasteiger partial charge is 0.242 e. The number of piperidine rings is 1. The molecule has 0 aromatic rings. The van der Waals surface area contributed by atoms with Crippen LogP contribution in [0, 0.1) is 0 Å². The Balaban J connectivity index is 2.40. The SMILES string of the molecule is CCNC(=O)C(C)NC(=O)C1CCCC(C)N1. The molecule has 5 heteroatoms. The second kappa shape index (κ2) is 6.59. The maximum atomic E-state index is 11.9. The number of carbonyl (C=O) groups is 2. The molecule has 1 fully saturated rings. The van der Waals surface area contributed by atoms with Gasteiger partial charge in [-0.05, 0) is 40.0 Å². The second-order valence-corrected chi connectivity index (χ2v) is 4.68. The lowest BCUT2D eigenvalue weighted by Gasteiger charge is -2.28. The summed E-state index contributed by atoms with van der Waals surface area (Å²) < 4.78 is 0. The molecule has 0 saturated carbocycles. The average molecular weight is 241 g/mol. The first-order valence-corrected chi connectivity index (χ1v) is 6.38. The molecule has 1 aliphatic rings. The summed E-state index contributed by atoms with van der Waals surface area (Å²) in [4.78, 5) is 23.4. The molecule has 1 rings (SSSR count). The van der Waals surface area contributed by atoms with E-state index < -0.39 is 6.04 Å². The maximum Gasteiger partial charge on any atom is 0.242 e. The van der Waals surface area contributed by atoms with Crippen molar-refractivity contribution in [2.24, 2.45) is 0 Å². The minimum atomic E-state index is -0.471. The number of rotatable bonds is 4. The third-order valence-electron chi connectivity index (χ3n) is 3.04. The molecule has 3 unspecified atom stereocenters. The highest BCUT2D eigenvalue weighted by Crippen LogP contribution is 2.12. The Bertz CT molecular complexity index is 281. The zero-order chi connectivity index (χ0) is 12.8. The van der Waals surface area contributed by atoms with E-state index in [2.05, 4.69) is 22.9 Å². The Morgan fingerprint density at radius 3 is 2.71 bits per heavy atom. The van der Waals surface area contributed by atoms with Gasteiger partial charge in [0.05, 0.1) is 6.04 Å². The van der Waals surface area contributed by atoms with Gasteiger partial charge in [-0.1, -0.05) is 0 Å². The molecule has 0 spiro atoms. The van der Waals surface area contributed by atoms with Gasteiger partial charge in [-0.2, -0.15) is 0 Å². The van der Waals surface area contributed by atoms with Gasteiger partial charge in [0.2, 0.25) is 11.8 Å². The van der Waals surface area contributed by atoms with Crippen LogP contribution in [-0.2, 0) is 9.59 Å². The highest BCUT2D eigenvalue weighted by atomic mass is 16.2. The molecule has 0 radical (unpaired) electrons. The standard InChI is InChI=1S/C12H23N3O2/c1-4-13-11(16)9(3)15-12(17)10-7-5-6-8(2)14-10/h8-10,14H,4-7H2,1-3H3,(H,13,16)(H,15,17). The van der Waals surface area contributed by atoms with Crippen LogP contribution in [0.2, 0.25) is 0 Å². The lowest BCUT2D eigenvalue weighted by atomic mass is 9.99. The molecular formula is C12H23N3O2. The van der Waals surface area contributed by atoms with Crippen molar-refractivity contribution in [1.82, 2.24) is 16.0 Å². The van der Waals surface area contributed by atoms with Crippen molar-refractivity contribution in [3.05, 3.63) is 0 Å². The zero-order valence-corrected chi connectivity index (χ0v) is 10.9. The summed E-state index contributed by atoms with van der Waals surface area (Å²) in [6, 6.07) is -0.253. The molecule has 0 aromatic carbocycles. The number of hydrogen-bond acceptors (Lipinski definition) is 3. The molecular weight excluding hydrogens is 218 g/mol. The van der Waals surface area contributed by atoms with Crippen molar-refractivity contribution in [3.63, 3.8) is 0 Å². The lowest BCUT2D eigenvalue weighted by molar-refractivity contribution is -0.130. The molecule has 0 bridgehead atoms. The monoisotopic (exact) mass is 241 g/mol. The number of hydrogen-bond donors (Lipinski definition) is 3. The largest absolute Gasteiger partial charge is 0.355 e. The predicted molar refractivity (Wildman–Crippen MR) is 66.5 cm³/mol. The first-order valence-electron chi connectivity index (χ1n) is 6.38. The Hall–Kier alpha value is -1.10. The van der Waals surface area contributed by atoms with Crippen molar-refractivity contribution in [3.8, 4) is 0 Å². The first-order chi connectivity index (χ1) is 8.04. The maximum absolute atomic E-state index is 11.9. The average Bonchev–Trinajstić information content (AvgIpc) is 2.29. The normalized spacial score (nSPS) is 26.1. The van der Waals surface area contributed by atoms with Gasteiger partial charge < -0.3 is 16.0 Å². The molecule has 1 saturated heterocycles. The van der Waals surface area contributed by atoms with Crippen LogP contribution in [0.5, 0.6) is 0 Å². The molecule has 2 amide bonds. The third-order valence-corrected chi connectivity index (χ3v) is 3.04. The van der Waals surface area contributed by atoms with E-state index in [1.54, 1.807) is 6.92 Å². The summed E-state index contributed by atoms with van der Waals surface area (Å²) in [6.45, 7) is 6.22. The van der Waals surface area contributed by atoms with Gasteiger partial charge in [0.25, 0.3) is 0 Å². The van der Waals surface area contributed by atoms with E-state index in [0.717, 1.165) is 19.3 Å². The van der Waals surface area contributed by atoms with Gasteiger partial charge in [-0.15, -0.1) is 0 Å². The number of nitrogens with one attached hydrogen (secondary N) is 3.